The number of aryl methyl sites for hydroxylation is 3. The molecule has 0 radical (unpaired) electrons. The van der Waals surface area contributed by atoms with E-state index in [1.807, 2.05) is 30.4 Å². The maximum atomic E-state index is 5.70. The molecule has 0 spiro atoms. The average Bonchev–Trinajstić information content (AvgIpc) is 2.67. The molecule has 0 bridgehead atoms. The molecule has 0 saturated heterocycles. The first-order chi connectivity index (χ1) is 9.36. The Morgan fingerprint density at radius 3 is 2.55 bits per heavy atom. The average molecular weight is 305 g/mol. The number of anilines is 1. The number of hydrogen-bond donors (Lipinski definition) is 2. The lowest BCUT2D eigenvalue weighted by Gasteiger charge is -2.16. The normalized spacial score (nSPS) is 12.2. The smallest absolute Gasteiger partial charge is 0.127 e. The van der Waals surface area contributed by atoms with E-state index >= 15 is 0 Å². The Hall–Kier alpha value is -1.46. The minimum Gasteiger partial charge on any atom is -0.389 e. The molecule has 2 heterocycles. The van der Waals surface area contributed by atoms with Crippen molar-refractivity contribution < 1.29 is 0 Å². The van der Waals surface area contributed by atoms with Crippen molar-refractivity contribution in [1.82, 2.24) is 4.98 Å². The first-order valence-electron chi connectivity index (χ1n) is 6.49. The molecule has 1 unspecified atom stereocenters. The predicted molar refractivity (Wildman–Crippen MR) is 90.7 cm³/mol. The van der Waals surface area contributed by atoms with Crippen molar-refractivity contribution in [2.24, 2.45) is 5.73 Å². The first kappa shape index (κ1) is 14.9. The molecule has 2 aromatic rings. The quantitative estimate of drug-likeness (QED) is 0.842. The van der Waals surface area contributed by atoms with Crippen LogP contribution < -0.4 is 11.1 Å². The van der Waals surface area contributed by atoms with Crippen LogP contribution in [-0.2, 0) is 0 Å². The molecule has 0 amide bonds. The Bertz CT molecular complexity index is 647. The van der Waals surface area contributed by atoms with E-state index in [1.54, 1.807) is 0 Å². The van der Waals surface area contributed by atoms with Crippen molar-refractivity contribution in [1.29, 1.82) is 0 Å². The number of nitrogens with one attached hydrogen (secondary N) is 1. The molecule has 0 aliphatic heterocycles. The van der Waals surface area contributed by atoms with Crippen LogP contribution in [0.15, 0.2) is 18.2 Å². The van der Waals surface area contributed by atoms with Crippen LogP contribution in [0.4, 0.5) is 5.82 Å². The van der Waals surface area contributed by atoms with Crippen molar-refractivity contribution in [3.63, 3.8) is 0 Å². The van der Waals surface area contributed by atoms with Crippen molar-refractivity contribution in [2.75, 3.05) is 5.32 Å². The lowest BCUT2D eigenvalue weighted by Crippen LogP contribution is -2.13. The van der Waals surface area contributed by atoms with E-state index in [4.69, 9.17) is 18.0 Å². The van der Waals surface area contributed by atoms with E-state index in [1.165, 1.54) is 15.3 Å². The lowest BCUT2D eigenvalue weighted by molar-refractivity contribution is 0.869. The van der Waals surface area contributed by atoms with Crippen LogP contribution in [0.2, 0.25) is 0 Å². The summed E-state index contributed by atoms with van der Waals surface area (Å²) >= 11 is 6.85. The van der Waals surface area contributed by atoms with Crippen LogP contribution >= 0.6 is 23.6 Å². The Kier molecular flexibility index (Phi) is 4.40. The molecule has 2 aromatic heterocycles. The summed E-state index contributed by atoms with van der Waals surface area (Å²) in [6, 6.07) is 6.23. The number of pyridine rings is 1. The van der Waals surface area contributed by atoms with Crippen molar-refractivity contribution in [3.8, 4) is 0 Å². The second-order valence-electron chi connectivity index (χ2n) is 4.98. The highest BCUT2D eigenvalue weighted by atomic mass is 32.1. The van der Waals surface area contributed by atoms with Gasteiger partial charge in [0.05, 0.1) is 6.04 Å². The summed E-state index contributed by atoms with van der Waals surface area (Å²) in [4.78, 5) is 7.56. The summed E-state index contributed by atoms with van der Waals surface area (Å²) in [6.45, 7) is 8.36. The summed E-state index contributed by atoms with van der Waals surface area (Å²) in [5.41, 5.74) is 8.76. The fraction of sp³-hybridized carbons (Fsp3) is 0.333. The number of thiophene rings is 1. The third kappa shape index (κ3) is 3.35. The molecule has 106 valence electrons. The highest BCUT2D eigenvalue weighted by Crippen LogP contribution is 2.28. The molecular weight excluding hydrogens is 286 g/mol. The van der Waals surface area contributed by atoms with Crippen molar-refractivity contribution in [2.45, 2.75) is 33.7 Å². The summed E-state index contributed by atoms with van der Waals surface area (Å²) in [7, 11) is 0. The van der Waals surface area contributed by atoms with Gasteiger partial charge < -0.3 is 11.1 Å². The topological polar surface area (TPSA) is 50.9 Å². The first-order valence-corrected chi connectivity index (χ1v) is 7.71. The standard InChI is InChI=1S/C15H19N3S2/c1-8-5-12(15(16)19)7-14(17-8)18-10(3)13-6-9(2)20-11(13)4/h5-7,10H,1-4H3,(H2,16,19)(H,17,18). The Balaban J connectivity index is 2.25. The zero-order chi connectivity index (χ0) is 14.9. The highest BCUT2D eigenvalue weighted by molar-refractivity contribution is 7.80. The van der Waals surface area contributed by atoms with E-state index in [0.29, 0.717) is 4.99 Å². The van der Waals surface area contributed by atoms with Crippen molar-refractivity contribution >= 4 is 34.4 Å². The van der Waals surface area contributed by atoms with Crippen molar-refractivity contribution in [3.05, 3.63) is 44.8 Å². The van der Waals surface area contributed by atoms with Crippen LogP contribution in [0, 0.1) is 20.8 Å². The molecule has 2 rings (SSSR count). The lowest BCUT2D eigenvalue weighted by atomic mass is 10.1. The zero-order valence-corrected chi connectivity index (χ0v) is 13.8. The van der Waals surface area contributed by atoms with Crippen LogP contribution in [-0.4, -0.2) is 9.97 Å². The van der Waals surface area contributed by atoms with E-state index in [-0.39, 0.29) is 6.04 Å². The Morgan fingerprint density at radius 1 is 1.30 bits per heavy atom. The monoisotopic (exact) mass is 305 g/mol. The van der Waals surface area contributed by atoms with E-state index < -0.39 is 0 Å². The van der Waals surface area contributed by atoms with Gasteiger partial charge >= 0.3 is 0 Å². The van der Waals surface area contributed by atoms with Gasteiger partial charge in [-0.05, 0) is 51.5 Å². The van der Waals surface area contributed by atoms with Gasteiger partial charge in [0.2, 0.25) is 0 Å². The maximum Gasteiger partial charge on any atom is 0.127 e. The fourth-order valence-corrected chi connectivity index (χ4v) is 3.40. The molecular formula is C15H19N3S2. The molecule has 0 aliphatic rings. The molecule has 20 heavy (non-hydrogen) atoms. The predicted octanol–water partition coefficient (Wildman–Crippen LogP) is 3.88. The molecule has 0 aliphatic carbocycles. The molecule has 0 saturated carbocycles. The minimum absolute atomic E-state index is 0.202. The molecule has 5 heteroatoms. The summed E-state index contributed by atoms with van der Waals surface area (Å²) in [5, 5.41) is 3.43. The third-order valence-electron chi connectivity index (χ3n) is 3.15. The largest absolute Gasteiger partial charge is 0.389 e. The third-order valence-corrected chi connectivity index (χ3v) is 4.37. The molecule has 0 fully saturated rings. The Labute approximate surface area is 129 Å². The van der Waals surface area contributed by atoms with Crippen LogP contribution in [0.5, 0.6) is 0 Å². The minimum atomic E-state index is 0.202. The van der Waals surface area contributed by atoms with Gasteiger partial charge in [0.15, 0.2) is 0 Å². The van der Waals surface area contributed by atoms with Gasteiger partial charge in [0, 0.05) is 21.0 Å². The van der Waals surface area contributed by atoms with Gasteiger partial charge in [-0.25, -0.2) is 4.98 Å². The summed E-state index contributed by atoms with van der Waals surface area (Å²) in [6.07, 6.45) is 0. The fourth-order valence-electron chi connectivity index (χ4n) is 2.26. The number of rotatable bonds is 4. The zero-order valence-electron chi connectivity index (χ0n) is 12.2. The number of aromatic nitrogens is 1. The number of hydrogen-bond acceptors (Lipinski definition) is 4. The second-order valence-corrected chi connectivity index (χ2v) is 6.88. The van der Waals surface area contributed by atoms with Gasteiger partial charge in [0.1, 0.15) is 10.8 Å². The van der Waals surface area contributed by atoms with Gasteiger partial charge in [-0.1, -0.05) is 12.2 Å². The van der Waals surface area contributed by atoms with Crippen LogP contribution in [0.25, 0.3) is 0 Å². The van der Waals surface area contributed by atoms with E-state index in [2.05, 4.69) is 37.1 Å². The molecule has 3 nitrogen and oxygen atoms in total. The second kappa shape index (κ2) is 5.89. The number of thiocarbonyl (C=S) groups is 1. The molecule has 3 N–H and O–H groups in total. The molecule has 1 atom stereocenters. The maximum absolute atomic E-state index is 5.70. The van der Waals surface area contributed by atoms with Crippen LogP contribution in [0.1, 0.15) is 39.5 Å². The Morgan fingerprint density at radius 2 is 2.00 bits per heavy atom. The number of nitrogens with two attached hydrogens (primary N) is 1. The summed E-state index contributed by atoms with van der Waals surface area (Å²) < 4.78 is 0. The van der Waals surface area contributed by atoms with Gasteiger partial charge in [-0.2, -0.15) is 0 Å². The SMILES string of the molecule is Cc1cc(C(N)=S)cc(NC(C)c2cc(C)sc2C)n1. The van der Waals surface area contributed by atoms with Gasteiger partial charge in [-0.3, -0.25) is 0 Å². The highest BCUT2D eigenvalue weighted by Gasteiger charge is 2.12. The van der Waals surface area contributed by atoms with Gasteiger partial charge in [-0.15, -0.1) is 11.3 Å². The van der Waals surface area contributed by atoms with Crippen LogP contribution in [0.3, 0.4) is 0 Å². The van der Waals surface area contributed by atoms with E-state index in [9.17, 15) is 0 Å². The van der Waals surface area contributed by atoms with E-state index in [0.717, 1.165) is 17.1 Å². The summed E-state index contributed by atoms with van der Waals surface area (Å²) in [5.74, 6) is 0.809. The van der Waals surface area contributed by atoms with Gasteiger partial charge in [0.25, 0.3) is 0 Å². The molecule has 0 aromatic carbocycles. The number of nitrogens with zero attached hydrogens (tertiary/aromatic N) is 1.